The number of esters is 1. The molecule has 0 heterocycles. The largest absolute Gasteiger partial charge is 0.460 e. The molecule has 16 heavy (non-hydrogen) atoms. The third-order valence-corrected chi connectivity index (χ3v) is 1.80. The number of hydrogen-bond donors (Lipinski definition) is 2. The zero-order valence-electron chi connectivity index (χ0n) is 8.67. The minimum atomic E-state index is -0.835. The van der Waals surface area contributed by atoms with Gasteiger partial charge in [0.2, 0.25) is 0 Å². The zero-order chi connectivity index (χ0) is 11.1. The second-order valence-corrected chi connectivity index (χ2v) is 3.03. The highest BCUT2D eigenvalue weighted by Gasteiger charge is 2.14. The molecule has 1 atom stereocenters. The molecular weight excluding hydrogens is 232 g/mol. The van der Waals surface area contributed by atoms with E-state index in [9.17, 15) is 4.79 Å². The lowest BCUT2D eigenvalue weighted by atomic mass is 10.2. The van der Waals surface area contributed by atoms with Crippen molar-refractivity contribution in [1.29, 1.82) is 0 Å². The van der Waals surface area contributed by atoms with Crippen LogP contribution in [0.2, 0.25) is 0 Å². The summed E-state index contributed by atoms with van der Waals surface area (Å²) in [6, 6.07) is 8.51. The Labute approximate surface area is 100 Å². The highest BCUT2D eigenvalue weighted by Crippen LogP contribution is 2.01. The van der Waals surface area contributed by atoms with Crippen LogP contribution < -0.4 is 11.6 Å². The quantitative estimate of drug-likeness (QED) is 0.579. The van der Waals surface area contributed by atoms with Gasteiger partial charge in [-0.05, 0) is 5.56 Å². The van der Waals surface area contributed by atoms with Gasteiger partial charge in [0.05, 0.1) is 6.61 Å². The molecule has 0 aliphatic rings. The van der Waals surface area contributed by atoms with Crippen molar-refractivity contribution in [2.45, 2.75) is 12.6 Å². The Kier molecular flexibility index (Phi) is 7.49. The fourth-order valence-electron chi connectivity index (χ4n) is 1.01. The molecule has 1 aromatic rings. The maximum Gasteiger partial charge on any atom is 0.325 e. The van der Waals surface area contributed by atoms with E-state index < -0.39 is 12.0 Å². The van der Waals surface area contributed by atoms with Crippen LogP contribution in [0.25, 0.3) is 0 Å². The fraction of sp³-hybridized carbons (Fsp3) is 0.300. The van der Waals surface area contributed by atoms with Crippen molar-refractivity contribution >= 4 is 18.4 Å². The summed E-state index contributed by atoms with van der Waals surface area (Å²) in [4.78, 5) is 15.5. The van der Waals surface area contributed by atoms with Crippen LogP contribution in [0.5, 0.6) is 0 Å². The minimum absolute atomic E-state index is 0. The van der Waals surface area contributed by atoms with E-state index in [0.29, 0.717) is 0 Å². The number of halogens is 1. The molecule has 0 fully saturated rings. The average Bonchev–Trinajstić information content (AvgIpc) is 2.27. The lowest BCUT2D eigenvalue weighted by Crippen LogP contribution is -2.37. The third kappa shape index (κ3) is 5.09. The monoisotopic (exact) mass is 246 g/mol. The maximum atomic E-state index is 11.2. The molecule has 0 saturated heterocycles. The predicted molar refractivity (Wildman–Crippen MR) is 61.6 cm³/mol. The topological polar surface area (TPSA) is 87.6 Å². The van der Waals surface area contributed by atoms with Gasteiger partial charge >= 0.3 is 5.97 Å². The first-order chi connectivity index (χ1) is 7.24. The normalized spacial score (nSPS) is 11.4. The second-order valence-electron chi connectivity index (χ2n) is 3.03. The summed E-state index contributed by atoms with van der Waals surface area (Å²) in [6.45, 7) is 0.158. The zero-order valence-corrected chi connectivity index (χ0v) is 9.48. The van der Waals surface area contributed by atoms with Crippen molar-refractivity contribution in [3.63, 3.8) is 0 Å². The molecule has 0 spiro atoms. The first kappa shape index (κ1) is 14.9. The summed E-state index contributed by atoms with van der Waals surface area (Å²) in [5.74, 6) is 4.26. The highest BCUT2D eigenvalue weighted by molar-refractivity contribution is 5.85. The molecule has 0 saturated carbocycles. The molecule has 0 aromatic heterocycles. The van der Waals surface area contributed by atoms with Gasteiger partial charge < -0.3 is 15.3 Å². The first-order valence-electron chi connectivity index (χ1n) is 4.52. The van der Waals surface area contributed by atoms with Crippen LogP contribution in [0.1, 0.15) is 5.56 Å². The fourth-order valence-corrected chi connectivity index (χ4v) is 1.01. The number of benzene rings is 1. The van der Waals surface area contributed by atoms with Crippen LogP contribution in [-0.4, -0.2) is 18.6 Å². The Hall–Kier alpha value is -1.14. The molecule has 0 aliphatic heterocycles. The van der Waals surface area contributed by atoms with Crippen LogP contribution in [0, 0.1) is 0 Å². The van der Waals surface area contributed by atoms with Gasteiger partial charge in [-0.2, -0.15) is 0 Å². The summed E-state index contributed by atoms with van der Waals surface area (Å²) in [5, 5.41) is 0. The van der Waals surface area contributed by atoms with Gasteiger partial charge in [-0.1, -0.05) is 30.3 Å². The number of ether oxygens (including phenoxy) is 1. The molecule has 90 valence electrons. The molecular formula is C10H15ClN2O3. The first-order valence-corrected chi connectivity index (χ1v) is 4.52. The Morgan fingerprint density at radius 2 is 1.94 bits per heavy atom. The number of nitrogens with two attached hydrogens (primary N) is 2. The van der Waals surface area contributed by atoms with E-state index in [1.54, 1.807) is 0 Å². The highest BCUT2D eigenvalue weighted by atomic mass is 35.5. The molecule has 5 nitrogen and oxygen atoms in total. The van der Waals surface area contributed by atoms with Gasteiger partial charge in [0, 0.05) is 0 Å². The van der Waals surface area contributed by atoms with Gasteiger partial charge in [-0.15, -0.1) is 12.4 Å². The van der Waals surface area contributed by atoms with Gasteiger partial charge in [0.15, 0.2) is 0 Å². The van der Waals surface area contributed by atoms with E-state index in [2.05, 4.69) is 4.84 Å². The van der Waals surface area contributed by atoms with Gasteiger partial charge in [-0.3, -0.25) is 4.79 Å². The number of hydrogen-bond acceptors (Lipinski definition) is 5. The lowest BCUT2D eigenvalue weighted by Gasteiger charge is -2.09. The summed E-state index contributed by atoms with van der Waals surface area (Å²) in [6.07, 6.45) is 0. The molecule has 0 amide bonds. The Balaban J connectivity index is 0.00000225. The van der Waals surface area contributed by atoms with Gasteiger partial charge in [0.1, 0.15) is 12.6 Å². The van der Waals surface area contributed by atoms with Crippen LogP contribution in [0.4, 0.5) is 0 Å². The van der Waals surface area contributed by atoms with E-state index in [-0.39, 0.29) is 25.6 Å². The summed E-state index contributed by atoms with van der Waals surface area (Å²) in [5.41, 5.74) is 6.32. The number of rotatable bonds is 5. The van der Waals surface area contributed by atoms with Gasteiger partial charge in [-0.25, -0.2) is 5.90 Å². The summed E-state index contributed by atoms with van der Waals surface area (Å²) in [7, 11) is 0. The Morgan fingerprint density at radius 3 is 2.50 bits per heavy atom. The Morgan fingerprint density at radius 1 is 1.31 bits per heavy atom. The van der Waals surface area contributed by atoms with E-state index in [1.165, 1.54) is 0 Å². The predicted octanol–water partition coefficient (Wildman–Crippen LogP) is 0.369. The Bertz CT molecular complexity index is 308. The van der Waals surface area contributed by atoms with Crippen molar-refractivity contribution < 1.29 is 14.4 Å². The third-order valence-electron chi connectivity index (χ3n) is 1.80. The van der Waals surface area contributed by atoms with Crippen molar-refractivity contribution in [3.8, 4) is 0 Å². The van der Waals surface area contributed by atoms with E-state index in [4.69, 9.17) is 16.4 Å². The van der Waals surface area contributed by atoms with E-state index in [0.717, 1.165) is 5.56 Å². The number of carbonyl (C=O) groups excluding carboxylic acids is 1. The second kappa shape index (κ2) is 8.06. The average molecular weight is 247 g/mol. The molecule has 1 rings (SSSR count). The number of carbonyl (C=O) groups is 1. The summed E-state index contributed by atoms with van der Waals surface area (Å²) >= 11 is 0. The molecule has 1 aromatic carbocycles. The van der Waals surface area contributed by atoms with Crippen LogP contribution in [0.3, 0.4) is 0 Å². The molecule has 0 radical (unpaired) electrons. The molecule has 0 aliphatic carbocycles. The van der Waals surface area contributed by atoms with Crippen LogP contribution in [-0.2, 0) is 21.0 Å². The van der Waals surface area contributed by atoms with Crippen molar-refractivity contribution in [2.24, 2.45) is 11.6 Å². The maximum absolute atomic E-state index is 11.2. The summed E-state index contributed by atoms with van der Waals surface area (Å²) < 4.78 is 4.94. The minimum Gasteiger partial charge on any atom is -0.460 e. The van der Waals surface area contributed by atoms with Crippen LogP contribution in [0.15, 0.2) is 30.3 Å². The molecule has 1 unspecified atom stereocenters. The smallest absolute Gasteiger partial charge is 0.325 e. The SMILES string of the molecule is Cl.NOCC(N)C(=O)OCc1ccccc1. The standard InChI is InChI=1S/C10H14N2O3.ClH/c11-9(7-15-12)10(13)14-6-8-4-2-1-3-5-8;/h1-5,9H,6-7,11-12H2;1H. The molecule has 4 N–H and O–H groups in total. The lowest BCUT2D eigenvalue weighted by molar-refractivity contribution is -0.148. The molecule has 0 bridgehead atoms. The van der Waals surface area contributed by atoms with E-state index >= 15 is 0 Å². The van der Waals surface area contributed by atoms with Gasteiger partial charge in [0.25, 0.3) is 0 Å². The molecule has 6 heteroatoms. The van der Waals surface area contributed by atoms with E-state index in [1.807, 2.05) is 30.3 Å². The van der Waals surface area contributed by atoms with Crippen molar-refractivity contribution in [1.82, 2.24) is 0 Å². The van der Waals surface area contributed by atoms with Crippen molar-refractivity contribution in [3.05, 3.63) is 35.9 Å². The van der Waals surface area contributed by atoms with Crippen molar-refractivity contribution in [2.75, 3.05) is 6.61 Å². The van der Waals surface area contributed by atoms with Crippen LogP contribution >= 0.6 is 12.4 Å².